The Labute approximate surface area is 191 Å². The molecule has 7 nitrogen and oxygen atoms in total. The SMILES string of the molecule is C[C@H](NS(=O)(=O)C(F)(F)F)c1ccc(S(=O)(=O)c2ccc(Cl)cc2Sc2ncc[nH]2)cc1. The fourth-order valence-electron chi connectivity index (χ4n) is 2.62. The molecule has 0 amide bonds. The lowest BCUT2D eigenvalue weighted by atomic mass is 10.1. The number of hydrogen-bond acceptors (Lipinski definition) is 6. The van der Waals surface area contributed by atoms with E-state index in [0.717, 1.165) is 11.8 Å². The Bertz CT molecular complexity index is 1310. The fourth-order valence-corrected chi connectivity index (χ4v) is 6.17. The minimum Gasteiger partial charge on any atom is -0.339 e. The van der Waals surface area contributed by atoms with E-state index in [9.17, 15) is 30.0 Å². The summed E-state index contributed by atoms with van der Waals surface area (Å²) in [5.41, 5.74) is -5.31. The van der Waals surface area contributed by atoms with Crippen molar-refractivity contribution < 1.29 is 30.0 Å². The van der Waals surface area contributed by atoms with Crippen LogP contribution in [0, 0.1) is 0 Å². The van der Waals surface area contributed by atoms with Gasteiger partial charge in [-0.3, -0.25) is 0 Å². The highest BCUT2D eigenvalue weighted by atomic mass is 35.5. The second kappa shape index (κ2) is 9.06. The summed E-state index contributed by atoms with van der Waals surface area (Å²) in [5, 5.41) is 0.768. The largest absolute Gasteiger partial charge is 0.511 e. The van der Waals surface area contributed by atoms with Crippen LogP contribution < -0.4 is 4.72 Å². The maximum Gasteiger partial charge on any atom is 0.511 e. The smallest absolute Gasteiger partial charge is 0.339 e. The van der Waals surface area contributed by atoms with Gasteiger partial charge in [-0.1, -0.05) is 35.5 Å². The van der Waals surface area contributed by atoms with Gasteiger partial charge < -0.3 is 4.98 Å². The zero-order valence-electron chi connectivity index (χ0n) is 16.1. The van der Waals surface area contributed by atoms with E-state index < -0.39 is 31.4 Å². The summed E-state index contributed by atoms with van der Waals surface area (Å²) < 4.78 is 88.2. The van der Waals surface area contributed by atoms with Crippen molar-refractivity contribution in [2.24, 2.45) is 0 Å². The average Bonchev–Trinajstić information content (AvgIpc) is 3.20. The molecular formula is C18H15ClF3N3O4S3. The Morgan fingerprint density at radius 3 is 2.31 bits per heavy atom. The van der Waals surface area contributed by atoms with E-state index >= 15 is 0 Å². The van der Waals surface area contributed by atoms with E-state index in [2.05, 4.69) is 9.97 Å². The molecule has 0 spiro atoms. The number of halogens is 4. The number of alkyl halides is 3. The van der Waals surface area contributed by atoms with Crippen molar-refractivity contribution in [3.8, 4) is 0 Å². The zero-order chi connectivity index (χ0) is 23.7. The number of hydrogen-bond donors (Lipinski definition) is 2. The Kier molecular flexibility index (Phi) is 6.96. The molecule has 3 aromatic rings. The number of H-pyrrole nitrogens is 1. The van der Waals surface area contributed by atoms with Crippen molar-refractivity contribution in [2.45, 2.75) is 38.3 Å². The molecule has 0 aliphatic heterocycles. The molecule has 0 bridgehead atoms. The number of nitrogens with zero attached hydrogens (tertiary/aromatic N) is 1. The zero-order valence-corrected chi connectivity index (χ0v) is 19.3. The van der Waals surface area contributed by atoms with Crippen LogP contribution in [0.3, 0.4) is 0 Å². The molecule has 1 atom stereocenters. The van der Waals surface area contributed by atoms with Gasteiger partial charge in [0, 0.05) is 28.4 Å². The molecule has 14 heteroatoms. The minimum atomic E-state index is -5.55. The lowest BCUT2D eigenvalue weighted by Crippen LogP contribution is -2.37. The van der Waals surface area contributed by atoms with Gasteiger partial charge in [0.05, 0.1) is 9.79 Å². The molecule has 32 heavy (non-hydrogen) atoms. The molecule has 0 aliphatic rings. The normalized spacial score (nSPS) is 13.8. The number of sulfonamides is 1. The molecule has 0 unspecified atom stereocenters. The van der Waals surface area contributed by atoms with Crippen LogP contribution in [0.5, 0.6) is 0 Å². The van der Waals surface area contributed by atoms with Crippen LogP contribution in [0.4, 0.5) is 13.2 Å². The lowest BCUT2D eigenvalue weighted by molar-refractivity contribution is -0.0450. The average molecular weight is 526 g/mol. The number of sulfone groups is 1. The van der Waals surface area contributed by atoms with E-state index in [-0.39, 0.29) is 15.4 Å². The first-order valence-electron chi connectivity index (χ1n) is 8.72. The van der Waals surface area contributed by atoms with Crippen molar-refractivity contribution in [1.29, 1.82) is 0 Å². The number of imidazole rings is 1. The van der Waals surface area contributed by atoms with Crippen molar-refractivity contribution in [2.75, 3.05) is 0 Å². The summed E-state index contributed by atoms with van der Waals surface area (Å²) in [6, 6.07) is 7.87. The molecule has 0 radical (unpaired) electrons. The molecule has 0 saturated heterocycles. The minimum absolute atomic E-state index is 0.0399. The molecule has 1 aromatic heterocycles. The predicted molar refractivity (Wildman–Crippen MR) is 113 cm³/mol. The quantitative estimate of drug-likeness (QED) is 0.468. The van der Waals surface area contributed by atoms with Crippen molar-refractivity contribution in [1.82, 2.24) is 14.7 Å². The molecule has 172 valence electrons. The Morgan fingerprint density at radius 2 is 1.75 bits per heavy atom. The van der Waals surface area contributed by atoms with Crippen LogP contribution in [0.15, 0.2) is 74.7 Å². The number of aromatic amines is 1. The van der Waals surface area contributed by atoms with Crippen molar-refractivity contribution >= 4 is 43.2 Å². The van der Waals surface area contributed by atoms with Crippen LogP contribution in [0.25, 0.3) is 0 Å². The summed E-state index contributed by atoms with van der Waals surface area (Å²) in [6.45, 7) is 1.21. The molecular weight excluding hydrogens is 511 g/mol. The summed E-state index contributed by atoms with van der Waals surface area (Å²) in [6.07, 6.45) is 3.09. The maximum atomic E-state index is 13.2. The molecule has 0 fully saturated rings. The number of benzene rings is 2. The maximum absolute atomic E-state index is 13.2. The van der Waals surface area contributed by atoms with Gasteiger partial charge in [0.25, 0.3) is 0 Å². The van der Waals surface area contributed by atoms with E-state index in [1.807, 2.05) is 0 Å². The lowest BCUT2D eigenvalue weighted by Gasteiger charge is -2.16. The highest BCUT2D eigenvalue weighted by molar-refractivity contribution is 8.00. The van der Waals surface area contributed by atoms with Crippen LogP contribution in [0.1, 0.15) is 18.5 Å². The molecule has 0 saturated carbocycles. The highest BCUT2D eigenvalue weighted by Crippen LogP contribution is 2.36. The van der Waals surface area contributed by atoms with Crippen LogP contribution >= 0.6 is 23.4 Å². The topological polar surface area (TPSA) is 109 Å². The second-order valence-corrected chi connectivity index (χ2v) is 11.5. The van der Waals surface area contributed by atoms with Crippen molar-refractivity contribution in [3.05, 3.63) is 65.4 Å². The van der Waals surface area contributed by atoms with Crippen LogP contribution in [0.2, 0.25) is 5.02 Å². The predicted octanol–water partition coefficient (Wildman–Crippen LogP) is 4.55. The van der Waals surface area contributed by atoms with Gasteiger partial charge in [-0.2, -0.15) is 13.2 Å². The van der Waals surface area contributed by atoms with Gasteiger partial charge in [-0.05, 0) is 42.8 Å². The highest BCUT2D eigenvalue weighted by Gasteiger charge is 2.46. The van der Waals surface area contributed by atoms with Gasteiger partial charge in [0.15, 0.2) is 5.16 Å². The number of rotatable bonds is 7. The molecule has 3 rings (SSSR count). The summed E-state index contributed by atoms with van der Waals surface area (Å²) in [5.74, 6) is 0. The van der Waals surface area contributed by atoms with Gasteiger partial charge >= 0.3 is 15.5 Å². The van der Waals surface area contributed by atoms with Gasteiger partial charge in [-0.25, -0.2) is 26.5 Å². The Morgan fingerprint density at radius 1 is 1.09 bits per heavy atom. The van der Waals surface area contributed by atoms with Gasteiger partial charge in [0.2, 0.25) is 9.84 Å². The third-order valence-corrected chi connectivity index (χ3v) is 8.64. The van der Waals surface area contributed by atoms with E-state index in [0.29, 0.717) is 15.1 Å². The van der Waals surface area contributed by atoms with Gasteiger partial charge in [0.1, 0.15) is 0 Å². The van der Waals surface area contributed by atoms with Crippen LogP contribution in [-0.2, 0) is 19.9 Å². The third kappa shape index (κ3) is 5.29. The number of nitrogens with one attached hydrogen (secondary N) is 2. The standard InChI is InChI=1S/C18H15ClF3N3O4S3/c1-11(25-32(28,29)18(20,21)22)12-2-5-14(6-3-12)31(26,27)16-7-4-13(19)10-15(16)30-17-23-8-9-24-17/h2-11,25H,1H3,(H,23,24)/t11-/m0/s1. The molecule has 2 N–H and O–H groups in total. The van der Waals surface area contributed by atoms with Crippen molar-refractivity contribution in [3.63, 3.8) is 0 Å². The number of aromatic nitrogens is 2. The molecule has 2 aromatic carbocycles. The van der Waals surface area contributed by atoms with Gasteiger partial charge in [-0.15, -0.1) is 0 Å². The second-order valence-electron chi connectivity index (χ2n) is 6.45. The van der Waals surface area contributed by atoms with E-state index in [4.69, 9.17) is 11.6 Å². The molecule has 0 aliphatic carbocycles. The summed E-state index contributed by atoms with van der Waals surface area (Å²) in [4.78, 5) is 7.05. The Hall–Kier alpha value is -2.06. The first-order valence-corrected chi connectivity index (χ1v) is 12.9. The summed E-state index contributed by atoms with van der Waals surface area (Å²) >= 11 is 7.08. The molecule has 1 heterocycles. The van der Waals surface area contributed by atoms with E-state index in [1.165, 1.54) is 60.3 Å². The third-order valence-electron chi connectivity index (χ3n) is 4.20. The monoisotopic (exact) mass is 525 g/mol. The van der Waals surface area contributed by atoms with E-state index in [1.54, 1.807) is 6.20 Å². The Balaban J connectivity index is 1.91. The van der Waals surface area contributed by atoms with Crippen LogP contribution in [-0.4, -0.2) is 32.3 Å². The first-order chi connectivity index (χ1) is 14.8. The fraction of sp³-hybridized carbons (Fsp3) is 0.167. The summed E-state index contributed by atoms with van der Waals surface area (Å²) in [7, 11) is -9.58. The first kappa shape index (κ1) is 24.6.